The van der Waals surface area contributed by atoms with E-state index in [-0.39, 0.29) is 12.0 Å². The third-order valence-corrected chi connectivity index (χ3v) is 3.79. The topological polar surface area (TPSA) is 52.0 Å². The highest BCUT2D eigenvalue weighted by Crippen LogP contribution is 2.37. The first-order valence-corrected chi connectivity index (χ1v) is 5.63. The number of rotatable bonds is 1. The summed E-state index contributed by atoms with van der Waals surface area (Å²) >= 11 is 8.63. The molecule has 1 aliphatic carbocycles. The molecule has 0 aliphatic heterocycles. The van der Waals surface area contributed by atoms with Crippen LogP contribution in [0.15, 0.2) is 21.4 Å². The molecule has 0 saturated carbocycles. The molecule has 0 amide bonds. The van der Waals surface area contributed by atoms with Crippen LogP contribution in [0.1, 0.15) is 13.8 Å². The number of hydrogen-bond donors (Lipinski definition) is 2. The molecule has 0 spiro atoms. The smallest absolute Gasteiger partial charge is 0.0868 e. The van der Waals surface area contributed by atoms with Gasteiger partial charge in [0.1, 0.15) is 0 Å². The molecule has 0 aromatic carbocycles. The lowest BCUT2D eigenvalue weighted by Crippen LogP contribution is -2.50. The van der Waals surface area contributed by atoms with E-state index in [0.29, 0.717) is 5.70 Å². The quantitative estimate of drug-likeness (QED) is 0.575. The van der Waals surface area contributed by atoms with Gasteiger partial charge in [-0.3, -0.25) is 0 Å². The first-order chi connectivity index (χ1) is 5.88. The van der Waals surface area contributed by atoms with Crippen molar-refractivity contribution < 1.29 is 0 Å². The van der Waals surface area contributed by atoms with Crippen molar-refractivity contribution in [3.63, 3.8) is 0 Å². The lowest BCUT2D eigenvalue weighted by Gasteiger charge is -2.36. The second kappa shape index (κ2) is 3.79. The molecule has 0 saturated heterocycles. The summed E-state index contributed by atoms with van der Waals surface area (Å²) in [6, 6.07) is -0.285. The Morgan fingerprint density at radius 3 is 2.62 bits per heavy atom. The van der Waals surface area contributed by atoms with Crippen LogP contribution in [0, 0.1) is 5.92 Å². The minimum absolute atomic E-state index is 0.265. The van der Waals surface area contributed by atoms with Crippen molar-refractivity contribution >= 4 is 34.2 Å². The molecule has 2 atom stereocenters. The van der Waals surface area contributed by atoms with E-state index < -0.39 is 4.87 Å². The predicted molar refractivity (Wildman–Crippen MR) is 65.8 cm³/mol. The fourth-order valence-electron chi connectivity index (χ4n) is 1.37. The summed E-state index contributed by atoms with van der Waals surface area (Å²) in [4.78, 5) is -0.532. The minimum atomic E-state index is -0.532. The van der Waals surface area contributed by atoms with Crippen molar-refractivity contribution in [2.24, 2.45) is 17.4 Å². The normalized spacial score (nSPS) is 34.5. The molecule has 2 nitrogen and oxygen atoms in total. The highest BCUT2D eigenvalue weighted by molar-refractivity contribution is 14.1. The van der Waals surface area contributed by atoms with Crippen LogP contribution < -0.4 is 11.5 Å². The SMILES string of the molecule is CC(C)C1(Cl)C=C(I)C=C(N)C1N. The van der Waals surface area contributed by atoms with Gasteiger partial charge in [0.2, 0.25) is 0 Å². The fraction of sp³-hybridized carbons (Fsp3) is 0.556. The van der Waals surface area contributed by atoms with Crippen molar-refractivity contribution in [3.8, 4) is 0 Å². The highest BCUT2D eigenvalue weighted by atomic mass is 127. The summed E-state index contributed by atoms with van der Waals surface area (Å²) in [7, 11) is 0. The molecular weight excluding hydrogens is 298 g/mol. The lowest BCUT2D eigenvalue weighted by molar-refractivity contribution is 0.444. The van der Waals surface area contributed by atoms with Gasteiger partial charge in [-0.2, -0.15) is 0 Å². The molecule has 2 unspecified atom stereocenters. The second-order valence-electron chi connectivity index (χ2n) is 3.63. The van der Waals surface area contributed by atoms with Crippen LogP contribution in [-0.4, -0.2) is 10.9 Å². The van der Waals surface area contributed by atoms with Crippen LogP contribution in [0.25, 0.3) is 0 Å². The fourth-order valence-corrected chi connectivity index (χ4v) is 2.68. The third kappa shape index (κ3) is 2.02. The first kappa shape index (κ1) is 11.3. The second-order valence-corrected chi connectivity index (χ2v) is 5.53. The van der Waals surface area contributed by atoms with Gasteiger partial charge >= 0.3 is 0 Å². The van der Waals surface area contributed by atoms with Gasteiger partial charge in [-0.15, -0.1) is 11.6 Å². The molecule has 4 N–H and O–H groups in total. The van der Waals surface area contributed by atoms with Gasteiger partial charge in [0.15, 0.2) is 0 Å². The average Bonchev–Trinajstić information content (AvgIpc) is 1.99. The van der Waals surface area contributed by atoms with Crippen molar-refractivity contribution in [2.75, 3.05) is 0 Å². The number of alkyl halides is 1. The molecule has 74 valence electrons. The van der Waals surface area contributed by atoms with Crippen LogP contribution in [0.5, 0.6) is 0 Å². The average molecular weight is 313 g/mol. The zero-order valence-electron chi connectivity index (χ0n) is 7.72. The largest absolute Gasteiger partial charge is 0.401 e. The molecule has 0 aromatic heterocycles. The van der Waals surface area contributed by atoms with Gasteiger partial charge in [-0.25, -0.2) is 0 Å². The minimum Gasteiger partial charge on any atom is -0.401 e. The van der Waals surface area contributed by atoms with E-state index in [2.05, 4.69) is 22.6 Å². The molecule has 1 rings (SSSR count). The molecule has 0 heterocycles. The van der Waals surface area contributed by atoms with Crippen LogP contribution >= 0.6 is 34.2 Å². The summed E-state index contributed by atoms with van der Waals surface area (Å²) < 4.78 is 1.06. The van der Waals surface area contributed by atoms with Crippen molar-refractivity contribution in [1.82, 2.24) is 0 Å². The van der Waals surface area contributed by atoms with Gasteiger partial charge in [0.25, 0.3) is 0 Å². The van der Waals surface area contributed by atoms with Crippen LogP contribution in [0.2, 0.25) is 0 Å². The van der Waals surface area contributed by atoms with E-state index in [9.17, 15) is 0 Å². The summed E-state index contributed by atoms with van der Waals surface area (Å²) in [5, 5.41) is 0. The Morgan fingerprint density at radius 2 is 2.15 bits per heavy atom. The Kier molecular flexibility index (Phi) is 3.30. The number of nitrogens with two attached hydrogens (primary N) is 2. The van der Waals surface area contributed by atoms with Crippen LogP contribution in [0.4, 0.5) is 0 Å². The summed E-state index contributed by atoms with van der Waals surface area (Å²) in [5.41, 5.74) is 12.4. The van der Waals surface area contributed by atoms with Gasteiger partial charge in [0.05, 0.1) is 10.9 Å². The van der Waals surface area contributed by atoms with Gasteiger partial charge in [-0.05, 0) is 40.7 Å². The molecule has 0 radical (unpaired) electrons. The molecular formula is C9H14ClIN2. The maximum absolute atomic E-state index is 6.42. The van der Waals surface area contributed by atoms with E-state index in [1.54, 1.807) is 0 Å². The molecule has 1 aliphatic rings. The zero-order valence-corrected chi connectivity index (χ0v) is 10.6. The molecule has 0 aromatic rings. The predicted octanol–water partition coefficient (Wildman–Crippen LogP) is 2.12. The van der Waals surface area contributed by atoms with Crippen LogP contribution in [0.3, 0.4) is 0 Å². The van der Waals surface area contributed by atoms with Gasteiger partial charge in [0, 0.05) is 9.28 Å². The van der Waals surface area contributed by atoms with E-state index in [4.69, 9.17) is 23.1 Å². The summed E-state index contributed by atoms with van der Waals surface area (Å²) in [5.74, 6) is 0.265. The number of hydrogen-bond acceptors (Lipinski definition) is 2. The molecule has 13 heavy (non-hydrogen) atoms. The van der Waals surface area contributed by atoms with Crippen molar-refractivity contribution in [3.05, 3.63) is 21.4 Å². The van der Waals surface area contributed by atoms with E-state index in [1.807, 2.05) is 26.0 Å². The standard InChI is InChI=1S/C9H14ClIN2/c1-5(2)9(10)4-6(11)3-7(12)8(9)13/h3-5,8H,12-13H2,1-2H3. The Hall–Kier alpha value is 0.260. The highest BCUT2D eigenvalue weighted by Gasteiger charge is 2.39. The number of allylic oxidation sites excluding steroid dienone is 2. The molecule has 0 fully saturated rings. The monoisotopic (exact) mass is 312 g/mol. The van der Waals surface area contributed by atoms with Crippen LogP contribution in [-0.2, 0) is 0 Å². The molecule has 4 heteroatoms. The van der Waals surface area contributed by atoms with Crippen molar-refractivity contribution in [2.45, 2.75) is 24.8 Å². The first-order valence-electron chi connectivity index (χ1n) is 4.18. The Bertz CT molecular complexity index is 273. The van der Waals surface area contributed by atoms with E-state index in [0.717, 1.165) is 3.58 Å². The van der Waals surface area contributed by atoms with Gasteiger partial charge in [-0.1, -0.05) is 13.8 Å². The summed E-state index contributed by atoms with van der Waals surface area (Å²) in [6.45, 7) is 4.10. The van der Waals surface area contributed by atoms with Gasteiger partial charge < -0.3 is 11.5 Å². The maximum Gasteiger partial charge on any atom is 0.0868 e. The van der Waals surface area contributed by atoms with E-state index in [1.165, 1.54) is 0 Å². The summed E-state index contributed by atoms with van der Waals surface area (Å²) in [6.07, 6.45) is 3.86. The van der Waals surface area contributed by atoms with Crippen molar-refractivity contribution in [1.29, 1.82) is 0 Å². The zero-order chi connectivity index (χ0) is 10.2. The Labute approximate surface area is 97.5 Å². The maximum atomic E-state index is 6.42. The van der Waals surface area contributed by atoms with E-state index >= 15 is 0 Å². The molecule has 0 bridgehead atoms. The number of halogens is 2. The lowest BCUT2D eigenvalue weighted by atomic mass is 9.83. The third-order valence-electron chi connectivity index (χ3n) is 2.38. The Morgan fingerprint density at radius 1 is 1.62 bits per heavy atom. The Balaban J connectivity index is 3.08.